The lowest BCUT2D eigenvalue weighted by Crippen LogP contribution is -2.19. The van der Waals surface area contributed by atoms with Crippen molar-refractivity contribution in [3.05, 3.63) is 76.1 Å². The second-order valence-electron chi connectivity index (χ2n) is 6.33. The molecule has 2 heterocycles. The van der Waals surface area contributed by atoms with Crippen molar-refractivity contribution >= 4 is 12.2 Å². The zero-order chi connectivity index (χ0) is 17.2. The summed E-state index contributed by atoms with van der Waals surface area (Å²) in [5.41, 5.74) is 4.44. The molecule has 0 atom stereocenters. The normalized spacial score (nSPS) is 13.5. The van der Waals surface area contributed by atoms with Gasteiger partial charge in [-0.05, 0) is 61.6 Å². The van der Waals surface area contributed by atoms with Crippen LogP contribution in [-0.4, -0.2) is 14.5 Å². The fourth-order valence-corrected chi connectivity index (χ4v) is 3.74. The SMILES string of the molecule is Fc1ccc(-c2nc(=S)c3c(n2Cc2cccnc2)CCCC3)cc1. The van der Waals surface area contributed by atoms with E-state index in [1.54, 1.807) is 18.3 Å². The van der Waals surface area contributed by atoms with Crippen LogP contribution in [-0.2, 0) is 19.4 Å². The van der Waals surface area contributed by atoms with E-state index in [4.69, 9.17) is 17.2 Å². The molecular formula is C20H18FN3S. The summed E-state index contributed by atoms with van der Waals surface area (Å²) in [6.45, 7) is 0.686. The van der Waals surface area contributed by atoms with E-state index in [9.17, 15) is 4.39 Å². The fourth-order valence-electron chi connectivity index (χ4n) is 3.43. The van der Waals surface area contributed by atoms with Crippen LogP contribution in [0.1, 0.15) is 29.7 Å². The minimum absolute atomic E-state index is 0.251. The first-order valence-electron chi connectivity index (χ1n) is 8.50. The van der Waals surface area contributed by atoms with E-state index >= 15 is 0 Å². The molecule has 25 heavy (non-hydrogen) atoms. The van der Waals surface area contributed by atoms with E-state index in [-0.39, 0.29) is 5.82 Å². The van der Waals surface area contributed by atoms with Crippen LogP contribution in [0.15, 0.2) is 48.8 Å². The standard InChI is InChI=1S/C20H18FN3S/c21-16-9-7-15(8-10-16)19-23-20(25)17-5-1-2-6-18(17)24(19)13-14-4-3-11-22-12-14/h3-4,7-12H,1-2,5-6,13H2. The van der Waals surface area contributed by atoms with Gasteiger partial charge in [-0.15, -0.1) is 0 Å². The van der Waals surface area contributed by atoms with Gasteiger partial charge >= 0.3 is 0 Å². The van der Waals surface area contributed by atoms with Crippen molar-refractivity contribution in [2.24, 2.45) is 0 Å². The van der Waals surface area contributed by atoms with Crippen LogP contribution in [0, 0.1) is 10.5 Å². The minimum atomic E-state index is -0.251. The van der Waals surface area contributed by atoms with Crippen LogP contribution in [0.4, 0.5) is 4.39 Å². The third kappa shape index (κ3) is 3.24. The molecule has 0 aliphatic heterocycles. The van der Waals surface area contributed by atoms with Gasteiger partial charge in [0.2, 0.25) is 0 Å². The molecule has 2 aromatic heterocycles. The molecule has 1 aliphatic carbocycles. The molecule has 0 fully saturated rings. The second kappa shape index (κ2) is 6.84. The van der Waals surface area contributed by atoms with Crippen molar-refractivity contribution in [3.63, 3.8) is 0 Å². The molecule has 0 radical (unpaired) electrons. The van der Waals surface area contributed by atoms with Crippen molar-refractivity contribution in [3.8, 4) is 11.4 Å². The van der Waals surface area contributed by atoms with Gasteiger partial charge in [0.1, 0.15) is 16.3 Å². The van der Waals surface area contributed by atoms with Crippen LogP contribution in [0.2, 0.25) is 0 Å². The molecule has 0 unspecified atom stereocenters. The Morgan fingerprint density at radius 3 is 2.64 bits per heavy atom. The number of halogens is 1. The highest BCUT2D eigenvalue weighted by atomic mass is 32.1. The first-order chi connectivity index (χ1) is 12.2. The zero-order valence-electron chi connectivity index (χ0n) is 13.8. The van der Waals surface area contributed by atoms with Crippen LogP contribution < -0.4 is 0 Å². The molecule has 3 nitrogen and oxygen atoms in total. The van der Waals surface area contributed by atoms with Gasteiger partial charge in [0.25, 0.3) is 0 Å². The third-order valence-electron chi connectivity index (χ3n) is 4.65. The summed E-state index contributed by atoms with van der Waals surface area (Å²) in [4.78, 5) is 8.94. The van der Waals surface area contributed by atoms with Crippen molar-refractivity contribution in [1.82, 2.24) is 14.5 Å². The molecule has 1 aromatic carbocycles. The first-order valence-corrected chi connectivity index (χ1v) is 8.90. The quantitative estimate of drug-likeness (QED) is 0.639. The molecule has 4 rings (SSSR count). The maximum absolute atomic E-state index is 13.3. The van der Waals surface area contributed by atoms with Crippen LogP contribution in [0.3, 0.4) is 0 Å². The van der Waals surface area contributed by atoms with E-state index in [2.05, 4.69) is 15.6 Å². The van der Waals surface area contributed by atoms with Crippen LogP contribution >= 0.6 is 12.2 Å². The number of nitrogens with zero attached hydrogens (tertiary/aromatic N) is 3. The second-order valence-corrected chi connectivity index (χ2v) is 6.71. The number of hydrogen-bond acceptors (Lipinski definition) is 3. The molecule has 3 aromatic rings. The molecule has 1 aliphatic rings. The lowest BCUT2D eigenvalue weighted by molar-refractivity contribution is 0.603. The Hall–Kier alpha value is -2.40. The Balaban J connectivity index is 1.91. The summed E-state index contributed by atoms with van der Waals surface area (Å²) < 4.78 is 16.3. The highest BCUT2D eigenvalue weighted by Crippen LogP contribution is 2.28. The Bertz CT molecular complexity index is 949. The average Bonchev–Trinajstić information content (AvgIpc) is 2.66. The molecular weight excluding hydrogens is 333 g/mol. The maximum Gasteiger partial charge on any atom is 0.142 e. The maximum atomic E-state index is 13.3. The van der Waals surface area contributed by atoms with E-state index in [1.165, 1.54) is 23.4 Å². The summed E-state index contributed by atoms with van der Waals surface area (Å²) in [6.07, 6.45) is 7.93. The number of fused-ring (bicyclic) bond motifs is 1. The number of hydrogen-bond donors (Lipinski definition) is 0. The Labute approximate surface area is 151 Å². The molecule has 0 spiro atoms. The lowest BCUT2D eigenvalue weighted by atomic mass is 9.96. The van der Waals surface area contributed by atoms with Crippen molar-refractivity contribution in [2.45, 2.75) is 32.2 Å². The van der Waals surface area contributed by atoms with Gasteiger partial charge in [0.05, 0.1) is 6.54 Å². The van der Waals surface area contributed by atoms with Crippen LogP contribution in [0.5, 0.6) is 0 Å². The highest BCUT2D eigenvalue weighted by molar-refractivity contribution is 7.71. The summed E-state index contributed by atoms with van der Waals surface area (Å²) in [7, 11) is 0. The Morgan fingerprint density at radius 1 is 1.08 bits per heavy atom. The van der Waals surface area contributed by atoms with Crippen LogP contribution in [0.25, 0.3) is 11.4 Å². The van der Waals surface area contributed by atoms with Gasteiger partial charge in [-0.3, -0.25) is 4.98 Å². The zero-order valence-corrected chi connectivity index (χ0v) is 14.6. The largest absolute Gasteiger partial charge is 0.325 e. The predicted octanol–water partition coefficient (Wildman–Crippen LogP) is 4.74. The van der Waals surface area contributed by atoms with Crippen molar-refractivity contribution in [2.75, 3.05) is 0 Å². The third-order valence-corrected chi connectivity index (χ3v) is 4.99. The Kier molecular flexibility index (Phi) is 4.40. The van der Waals surface area contributed by atoms with E-state index in [0.29, 0.717) is 11.2 Å². The molecule has 126 valence electrons. The number of rotatable bonds is 3. The lowest BCUT2D eigenvalue weighted by Gasteiger charge is -2.24. The van der Waals surface area contributed by atoms with E-state index in [0.717, 1.165) is 42.6 Å². The monoisotopic (exact) mass is 351 g/mol. The van der Waals surface area contributed by atoms with E-state index in [1.807, 2.05) is 12.3 Å². The van der Waals surface area contributed by atoms with Gasteiger partial charge in [-0.1, -0.05) is 18.3 Å². The molecule has 0 saturated carbocycles. The minimum Gasteiger partial charge on any atom is -0.325 e. The number of benzene rings is 1. The van der Waals surface area contributed by atoms with Crippen molar-refractivity contribution in [1.29, 1.82) is 0 Å². The van der Waals surface area contributed by atoms with Gasteiger partial charge in [-0.2, -0.15) is 0 Å². The molecule has 0 bridgehead atoms. The van der Waals surface area contributed by atoms with Gasteiger partial charge in [0.15, 0.2) is 0 Å². The molecule has 5 heteroatoms. The van der Waals surface area contributed by atoms with Gasteiger partial charge in [-0.25, -0.2) is 9.37 Å². The molecule has 0 N–H and O–H groups in total. The number of aromatic nitrogens is 3. The highest BCUT2D eigenvalue weighted by Gasteiger charge is 2.19. The smallest absolute Gasteiger partial charge is 0.142 e. The fraction of sp³-hybridized carbons (Fsp3) is 0.250. The van der Waals surface area contributed by atoms with Crippen molar-refractivity contribution < 1.29 is 4.39 Å². The summed E-state index contributed by atoms with van der Waals surface area (Å²) in [6, 6.07) is 10.5. The summed E-state index contributed by atoms with van der Waals surface area (Å²) >= 11 is 5.57. The van der Waals surface area contributed by atoms with Gasteiger partial charge in [0, 0.05) is 29.2 Å². The summed E-state index contributed by atoms with van der Waals surface area (Å²) in [5, 5.41) is 0. The molecule has 0 saturated heterocycles. The summed E-state index contributed by atoms with van der Waals surface area (Å²) in [5.74, 6) is 0.550. The average molecular weight is 351 g/mol. The molecule has 0 amide bonds. The van der Waals surface area contributed by atoms with E-state index < -0.39 is 0 Å². The first kappa shape index (κ1) is 16.1. The predicted molar refractivity (Wildman–Crippen MR) is 98.4 cm³/mol. The van der Waals surface area contributed by atoms with Gasteiger partial charge < -0.3 is 4.57 Å². The topological polar surface area (TPSA) is 30.7 Å². The Morgan fingerprint density at radius 2 is 1.88 bits per heavy atom. The number of pyridine rings is 1.